The molecule has 0 fully saturated rings. The molecule has 10 heavy (non-hydrogen) atoms. The SMILES string of the molecule is NC(=[NH2+])c1ncccc1F. The standard InChI is InChI=1S/C6H6FN3/c7-4-2-1-3-10-5(4)6(8)9/h1-3H,(H3,8,9)/p+1. The van der Waals surface area contributed by atoms with Crippen molar-refractivity contribution in [2.24, 2.45) is 5.73 Å². The monoisotopic (exact) mass is 140 g/mol. The molecule has 1 rings (SSSR count). The number of halogens is 1. The molecule has 0 radical (unpaired) electrons. The fourth-order valence-electron chi connectivity index (χ4n) is 0.598. The van der Waals surface area contributed by atoms with E-state index in [1.165, 1.54) is 18.3 Å². The molecule has 4 N–H and O–H groups in total. The number of hydrogen-bond acceptors (Lipinski definition) is 1. The molecular weight excluding hydrogens is 133 g/mol. The van der Waals surface area contributed by atoms with E-state index in [0.717, 1.165) is 0 Å². The molecule has 52 valence electrons. The molecule has 0 spiro atoms. The lowest BCUT2D eigenvalue weighted by Crippen LogP contribution is -2.47. The summed E-state index contributed by atoms with van der Waals surface area (Å²) in [4.78, 5) is 3.62. The molecule has 0 aromatic carbocycles. The second-order valence-electron chi connectivity index (χ2n) is 1.79. The molecule has 4 heteroatoms. The van der Waals surface area contributed by atoms with Crippen molar-refractivity contribution in [3.63, 3.8) is 0 Å². The predicted octanol–water partition coefficient (Wildman–Crippen LogP) is -1.31. The summed E-state index contributed by atoms with van der Waals surface area (Å²) in [5.74, 6) is -0.597. The first-order valence-electron chi connectivity index (χ1n) is 2.70. The minimum absolute atomic E-state index is 0.0162. The molecule has 1 aromatic rings. The third-order valence-corrected chi connectivity index (χ3v) is 1.03. The van der Waals surface area contributed by atoms with Crippen LogP contribution in [-0.2, 0) is 0 Å². The first-order chi connectivity index (χ1) is 4.72. The summed E-state index contributed by atoms with van der Waals surface area (Å²) in [7, 11) is 0. The maximum atomic E-state index is 12.6. The van der Waals surface area contributed by atoms with Gasteiger partial charge in [0, 0.05) is 6.20 Å². The van der Waals surface area contributed by atoms with Crippen LogP contribution in [0, 0.1) is 5.82 Å². The smallest absolute Gasteiger partial charge is 0.286 e. The van der Waals surface area contributed by atoms with Crippen LogP contribution >= 0.6 is 0 Å². The second kappa shape index (κ2) is 2.43. The summed E-state index contributed by atoms with van der Waals surface area (Å²) in [5.41, 5.74) is 5.12. The molecule has 0 bridgehead atoms. The molecule has 0 saturated heterocycles. The summed E-state index contributed by atoms with van der Waals surface area (Å²) in [6.45, 7) is 0. The zero-order valence-electron chi connectivity index (χ0n) is 5.21. The van der Waals surface area contributed by atoms with E-state index >= 15 is 0 Å². The van der Waals surface area contributed by atoms with Crippen molar-refractivity contribution < 1.29 is 9.80 Å². The van der Waals surface area contributed by atoms with Crippen molar-refractivity contribution in [3.8, 4) is 0 Å². The molecule has 3 nitrogen and oxygen atoms in total. The van der Waals surface area contributed by atoms with Crippen LogP contribution in [0.2, 0.25) is 0 Å². The Kier molecular flexibility index (Phi) is 1.62. The maximum Gasteiger partial charge on any atom is 0.292 e. The van der Waals surface area contributed by atoms with Crippen LogP contribution in [0.3, 0.4) is 0 Å². The van der Waals surface area contributed by atoms with Crippen molar-refractivity contribution in [1.29, 1.82) is 0 Å². The van der Waals surface area contributed by atoms with Crippen molar-refractivity contribution in [3.05, 3.63) is 29.8 Å². The molecule has 0 atom stereocenters. The first-order valence-corrected chi connectivity index (χ1v) is 2.70. The maximum absolute atomic E-state index is 12.6. The molecular formula is C6H7FN3+. The lowest BCUT2D eigenvalue weighted by atomic mass is 10.3. The van der Waals surface area contributed by atoms with Gasteiger partial charge in [-0.15, -0.1) is 0 Å². The van der Waals surface area contributed by atoms with Gasteiger partial charge in [0.2, 0.25) is 0 Å². The van der Waals surface area contributed by atoms with Gasteiger partial charge >= 0.3 is 0 Å². The Balaban J connectivity index is 3.15. The van der Waals surface area contributed by atoms with Gasteiger partial charge < -0.3 is 0 Å². The Bertz CT molecular complexity index is 259. The average molecular weight is 140 g/mol. The first kappa shape index (κ1) is 6.67. The van der Waals surface area contributed by atoms with Gasteiger partial charge in [-0.3, -0.25) is 11.1 Å². The van der Waals surface area contributed by atoms with Crippen LogP contribution < -0.4 is 11.1 Å². The Labute approximate surface area is 57.2 Å². The quantitative estimate of drug-likeness (QED) is 0.375. The Hall–Kier alpha value is -1.45. The number of rotatable bonds is 1. The van der Waals surface area contributed by atoms with Gasteiger partial charge in [-0.1, -0.05) is 0 Å². The Morgan fingerprint density at radius 1 is 1.70 bits per heavy atom. The Morgan fingerprint density at radius 3 is 2.80 bits per heavy atom. The van der Waals surface area contributed by atoms with Crippen LogP contribution in [0.5, 0.6) is 0 Å². The minimum Gasteiger partial charge on any atom is -0.286 e. The second-order valence-corrected chi connectivity index (χ2v) is 1.79. The van der Waals surface area contributed by atoms with Gasteiger partial charge in [-0.2, -0.15) is 0 Å². The van der Waals surface area contributed by atoms with Crippen molar-refractivity contribution in [2.45, 2.75) is 0 Å². The molecule has 1 aromatic heterocycles. The fourth-order valence-corrected chi connectivity index (χ4v) is 0.598. The van der Waals surface area contributed by atoms with E-state index in [2.05, 4.69) is 4.98 Å². The summed E-state index contributed by atoms with van der Waals surface area (Å²) in [6.07, 6.45) is 1.43. The lowest BCUT2D eigenvalue weighted by Gasteiger charge is -1.91. The Morgan fingerprint density at radius 2 is 2.40 bits per heavy atom. The predicted molar refractivity (Wildman–Crippen MR) is 34.4 cm³/mol. The molecule has 1 heterocycles. The minimum atomic E-state index is -0.498. The van der Waals surface area contributed by atoms with Crippen LogP contribution in [0.25, 0.3) is 0 Å². The number of aromatic nitrogens is 1. The van der Waals surface area contributed by atoms with Gasteiger partial charge in [-0.25, -0.2) is 9.37 Å². The number of pyridine rings is 1. The fraction of sp³-hybridized carbons (Fsp3) is 0. The van der Waals surface area contributed by atoms with E-state index in [4.69, 9.17) is 11.1 Å². The molecule has 0 amide bonds. The number of amidine groups is 1. The normalized spacial score (nSPS) is 9.30. The molecule has 0 unspecified atom stereocenters. The van der Waals surface area contributed by atoms with E-state index in [1.807, 2.05) is 0 Å². The van der Waals surface area contributed by atoms with E-state index in [9.17, 15) is 4.39 Å². The van der Waals surface area contributed by atoms with Gasteiger partial charge in [0.15, 0.2) is 11.5 Å². The number of hydrogen-bond donors (Lipinski definition) is 2. The van der Waals surface area contributed by atoms with Gasteiger partial charge in [0.1, 0.15) is 0 Å². The third-order valence-electron chi connectivity index (χ3n) is 1.03. The summed E-state index contributed by atoms with van der Waals surface area (Å²) >= 11 is 0. The molecule has 0 aliphatic heterocycles. The van der Waals surface area contributed by atoms with E-state index in [0.29, 0.717) is 0 Å². The molecule has 0 saturated carbocycles. The van der Waals surface area contributed by atoms with Crippen LogP contribution in [0.15, 0.2) is 18.3 Å². The summed E-state index contributed by atoms with van der Waals surface area (Å²) in [6, 6.07) is 2.73. The zero-order valence-corrected chi connectivity index (χ0v) is 5.21. The van der Waals surface area contributed by atoms with Crippen LogP contribution in [0.1, 0.15) is 5.69 Å². The van der Waals surface area contributed by atoms with Crippen molar-refractivity contribution in [2.75, 3.05) is 0 Å². The largest absolute Gasteiger partial charge is 0.292 e. The van der Waals surface area contributed by atoms with Crippen molar-refractivity contribution >= 4 is 5.84 Å². The van der Waals surface area contributed by atoms with Crippen molar-refractivity contribution in [1.82, 2.24) is 4.98 Å². The van der Waals surface area contributed by atoms with Crippen LogP contribution in [-0.4, -0.2) is 10.8 Å². The van der Waals surface area contributed by atoms with E-state index < -0.39 is 5.82 Å². The van der Waals surface area contributed by atoms with Crippen LogP contribution in [0.4, 0.5) is 4.39 Å². The highest BCUT2D eigenvalue weighted by molar-refractivity contribution is 5.90. The highest BCUT2D eigenvalue weighted by Crippen LogP contribution is 1.98. The molecule has 0 aliphatic carbocycles. The third kappa shape index (κ3) is 1.10. The van der Waals surface area contributed by atoms with E-state index in [-0.39, 0.29) is 11.5 Å². The zero-order chi connectivity index (χ0) is 7.56. The highest BCUT2D eigenvalue weighted by atomic mass is 19.1. The topological polar surface area (TPSA) is 64.5 Å². The summed E-state index contributed by atoms with van der Waals surface area (Å²) < 4.78 is 12.6. The molecule has 0 aliphatic rings. The lowest BCUT2D eigenvalue weighted by molar-refractivity contribution is -0.114. The average Bonchev–Trinajstić information content (AvgIpc) is 1.88. The van der Waals surface area contributed by atoms with E-state index in [1.54, 1.807) is 0 Å². The number of nitrogens with two attached hydrogens (primary N) is 2. The number of nitrogens with zero attached hydrogens (tertiary/aromatic N) is 1. The van der Waals surface area contributed by atoms with Gasteiger partial charge in [0.05, 0.1) is 0 Å². The van der Waals surface area contributed by atoms with Gasteiger partial charge in [-0.05, 0) is 12.1 Å². The highest BCUT2D eigenvalue weighted by Gasteiger charge is 2.08. The van der Waals surface area contributed by atoms with Gasteiger partial charge in [0.25, 0.3) is 5.84 Å². The summed E-state index contributed by atoms with van der Waals surface area (Å²) in [5, 5.41) is 5.11.